The molecule has 98 valence electrons. The van der Waals surface area contributed by atoms with Crippen LogP contribution in [-0.2, 0) is 0 Å². The van der Waals surface area contributed by atoms with E-state index < -0.39 is 16.6 Å². The average Bonchev–Trinajstić information content (AvgIpc) is 2.74. The van der Waals surface area contributed by atoms with E-state index in [1.807, 2.05) is 12.3 Å². The number of aromatic carboxylic acids is 1. The molecule has 1 N–H and O–H groups in total. The molecule has 0 saturated carbocycles. The molecule has 0 spiro atoms. The van der Waals surface area contributed by atoms with Crippen LogP contribution in [0.2, 0.25) is 0 Å². The monoisotopic (exact) mass is 296 g/mol. The van der Waals surface area contributed by atoms with Crippen LogP contribution in [0.25, 0.3) is 0 Å². The van der Waals surface area contributed by atoms with Gasteiger partial charge in [0.05, 0.1) is 9.82 Å². The lowest BCUT2D eigenvalue weighted by atomic mass is 10.2. The second kappa shape index (κ2) is 5.37. The third kappa shape index (κ3) is 2.91. The number of carboxylic acids is 1. The predicted octanol–water partition coefficient (Wildman–Crippen LogP) is 3.21. The third-order valence-electron chi connectivity index (χ3n) is 2.21. The molecule has 6 nitrogen and oxygen atoms in total. The lowest BCUT2D eigenvalue weighted by Crippen LogP contribution is -2.03. The van der Waals surface area contributed by atoms with Gasteiger partial charge in [0.2, 0.25) is 0 Å². The van der Waals surface area contributed by atoms with Gasteiger partial charge >= 0.3 is 5.97 Å². The molecule has 0 aliphatic heterocycles. The van der Waals surface area contributed by atoms with Crippen LogP contribution >= 0.6 is 23.1 Å². The van der Waals surface area contributed by atoms with Gasteiger partial charge in [-0.1, -0.05) is 17.8 Å². The van der Waals surface area contributed by atoms with Gasteiger partial charge in [-0.3, -0.25) is 10.1 Å². The Balaban J connectivity index is 2.47. The summed E-state index contributed by atoms with van der Waals surface area (Å²) in [5, 5.41) is 21.9. The van der Waals surface area contributed by atoms with Crippen molar-refractivity contribution >= 4 is 34.8 Å². The number of aromatic nitrogens is 1. The number of hydrogen-bond donors (Lipinski definition) is 1. The van der Waals surface area contributed by atoms with Gasteiger partial charge in [-0.2, -0.15) is 0 Å². The molecule has 1 aromatic carbocycles. The molecule has 0 fully saturated rings. The van der Waals surface area contributed by atoms with Gasteiger partial charge in [0.1, 0.15) is 5.56 Å². The molecule has 0 unspecified atom stereocenters. The minimum Gasteiger partial charge on any atom is -0.477 e. The first-order valence-electron chi connectivity index (χ1n) is 5.09. The van der Waals surface area contributed by atoms with Crippen molar-refractivity contribution in [2.45, 2.75) is 16.2 Å². The van der Waals surface area contributed by atoms with Gasteiger partial charge in [-0.05, 0) is 19.1 Å². The van der Waals surface area contributed by atoms with E-state index in [4.69, 9.17) is 5.11 Å². The van der Waals surface area contributed by atoms with Crippen LogP contribution in [0.15, 0.2) is 32.8 Å². The Morgan fingerprint density at radius 1 is 1.53 bits per heavy atom. The van der Waals surface area contributed by atoms with Gasteiger partial charge in [0.15, 0.2) is 4.34 Å². The van der Waals surface area contributed by atoms with Crippen molar-refractivity contribution in [1.82, 2.24) is 4.98 Å². The van der Waals surface area contributed by atoms with E-state index in [2.05, 4.69) is 4.98 Å². The average molecular weight is 296 g/mol. The molecule has 1 aromatic heterocycles. The zero-order chi connectivity index (χ0) is 14.0. The summed E-state index contributed by atoms with van der Waals surface area (Å²) in [6, 6.07) is 4.23. The van der Waals surface area contributed by atoms with Crippen LogP contribution in [0.1, 0.15) is 16.1 Å². The number of nitro groups is 1. The zero-order valence-corrected chi connectivity index (χ0v) is 11.3. The normalized spacial score (nSPS) is 10.4. The highest BCUT2D eigenvalue weighted by molar-refractivity contribution is 8.01. The molecule has 0 bridgehead atoms. The van der Waals surface area contributed by atoms with E-state index >= 15 is 0 Å². The zero-order valence-electron chi connectivity index (χ0n) is 9.69. The van der Waals surface area contributed by atoms with Crippen molar-refractivity contribution in [1.29, 1.82) is 0 Å². The van der Waals surface area contributed by atoms with Crippen molar-refractivity contribution in [3.8, 4) is 0 Å². The van der Waals surface area contributed by atoms with Gasteiger partial charge in [-0.15, -0.1) is 11.3 Å². The number of thiazole rings is 1. The number of hydrogen-bond acceptors (Lipinski definition) is 6. The molecule has 0 radical (unpaired) electrons. The Hall–Kier alpha value is -1.93. The first-order chi connectivity index (χ1) is 8.99. The molecule has 0 aliphatic carbocycles. The fraction of sp³-hybridized carbons (Fsp3) is 0.0909. The van der Waals surface area contributed by atoms with Crippen molar-refractivity contribution in [3.63, 3.8) is 0 Å². The molecular formula is C11H8N2O4S2. The largest absolute Gasteiger partial charge is 0.477 e. The highest BCUT2D eigenvalue weighted by Crippen LogP contribution is 2.38. The maximum absolute atomic E-state index is 11.1. The maximum Gasteiger partial charge on any atom is 0.342 e. The molecule has 2 rings (SSSR count). The summed E-state index contributed by atoms with van der Waals surface area (Å²) in [4.78, 5) is 25.9. The van der Waals surface area contributed by atoms with E-state index in [-0.39, 0.29) is 10.5 Å². The number of rotatable bonds is 4. The molecule has 0 atom stereocenters. The second-order valence-corrected chi connectivity index (χ2v) is 5.72. The number of benzene rings is 1. The first kappa shape index (κ1) is 13.5. The summed E-state index contributed by atoms with van der Waals surface area (Å²) in [6.07, 6.45) is 0. The maximum atomic E-state index is 11.1. The highest BCUT2D eigenvalue weighted by Gasteiger charge is 2.25. The quantitative estimate of drug-likeness (QED) is 0.687. The number of carbonyl (C=O) groups is 1. The Bertz CT molecular complexity index is 654. The Morgan fingerprint density at radius 3 is 2.79 bits per heavy atom. The topological polar surface area (TPSA) is 93.3 Å². The van der Waals surface area contributed by atoms with Crippen molar-refractivity contribution < 1.29 is 14.8 Å². The highest BCUT2D eigenvalue weighted by atomic mass is 32.2. The lowest BCUT2D eigenvalue weighted by molar-refractivity contribution is -0.388. The van der Waals surface area contributed by atoms with Crippen LogP contribution < -0.4 is 0 Å². The van der Waals surface area contributed by atoms with Crippen LogP contribution in [0, 0.1) is 17.0 Å². The van der Waals surface area contributed by atoms with Crippen LogP contribution in [-0.4, -0.2) is 21.0 Å². The molecular weight excluding hydrogens is 288 g/mol. The van der Waals surface area contributed by atoms with E-state index in [1.54, 1.807) is 0 Å². The van der Waals surface area contributed by atoms with Gasteiger partial charge in [0.25, 0.3) is 5.69 Å². The first-order valence-corrected chi connectivity index (χ1v) is 6.79. The SMILES string of the molecule is Cc1csc(Sc2cccc(C(=O)O)c2[N+](=O)[O-])n1. The van der Waals surface area contributed by atoms with E-state index in [0.29, 0.717) is 4.34 Å². The molecule has 19 heavy (non-hydrogen) atoms. The number of aryl methyl sites for hydroxylation is 1. The number of nitrogens with zero attached hydrogens (tertiary/aromatic N) is 2. The van der Waals surface area contributed by atoms with E-state index in [9.17, 15) is 14.9 Å². The molecule has 0 amide bonds. The fourth-order valence-corrected chi connectivity index (χ4v) is 3.37. The molecule has 0 aliphatic rings. The summed E-state index contributed by atoms with van der Waals surface area (Å²) in [6.45, 7) is 1.82. The summed E-state index contributed by atoms with van der Waals surface area (Å²) in [5.41, 5.74) is 0.112. The van der Waals surface area contributed by atoms with Crippen LogP contribution in [0.5, 0.6) is 0 Å². The summed E-state index contributed by atoms with van der Waals surface area (Å²) in [5.74, 6) is -1.32. The minimum absolute atomic E-state index is 0.277. The lowest BCUT2D eigenvalue weighted by Gasteiger charge is -2.03. The second-order valence-electron chi connectivity index (χ2n) is 3.57. The Labute approximate surface area is 116 Å². The number of carboxylic acid groups (broad SMARTS) is 1. The third-order valence-corrected chi connectivity index (χ3v) is 4.31. The van der Waals surface area contributed by atoms with Crippen LogP contribution in [0.3, 0.4) is 0 Å². The van der Waals surface area contributed by atoms with Gasteiger partial charge in [-0.25, -0.2) is 9.78 Å². The predicted molar refractivity (Wildman–Crippen MR) is 71.0 cm³/mol. The van der Waals surface area contributed by atoms with Crippen LogP contribution in [0.4, 0.5) is 5.69 Å². The van der Waals surface area contributed by atoms with Gasteiger partial charge < -0.3 is 5.11 Å². The summed E-state index contributed by atoms with van der Waals surface area (Å²) < 4.78 is 0.642. The van der Waals surface area contributed by atoms with E-state index in [0.717, 1.165) is 17.5 Å². The number of nitro benzene ring substituents is 1. The Kier molecular flexibility index (Phi) is 3.82. The van der Waals surface area contributed by atoms with Crippen molar-refractivity contribution in [2.24, 2.45) is 0 Å². The molecule has 0 saturated heterocycles. The van der Waals surface area contributed by atoms with Gasteiger partial charge in [0, 0.05) is 11.1 Å². The Morgan fingerprint density at radius 2 is 2.26 bits per heavy atom. The van der Waals surface area contributed by atoms with Crippen molar-refractivity contribution in [2.75, 3.05) is 0 Å². The van der Waals surface area contributed by atoms with E-state index in [1.165, 1.54) is 29.5 Å². The summed E-state index contributed by atoms with van der Waals surface area (Å²) in [7, 11) is 0. The minimum atomic E-state index is -1.32. The summed E-state index contributed by atoms with van der Waals surface area (Å²) >= 11 is 2.46. The smallest absolute Gasteiger partial charge is 0.342 e. The fourth-order valence-electron chi connectivity index (χ4n) is 1.44. The molecule has 1 heterocycles. The molecule has 2 aromatic rings. The van der Waals surface area contributed by atoms with Crippen molar-refractivity contribution in [3.05, 3.63) is 45.0 Å². The number of para-hydroxylation sites is 1. The standard InChI is InChI=1S/C11H8N2O4S2/c1-6-5-18-11(12-6)19-8-4-2-3-7(10(14)15)9(8)13(16)17/h2-5H,1H3,(H,14,15). The molecule has 8 heteroatoms.